The maximum Gasteiger partial charge on any atom is 0.263 e. The van der Waals surface area contributed by atoms with Gasteiger partial charge in [0.2, 0.25) is 5.91 Å². The van der Waals surface area contributed by atoms with E-state index in [1.807, 2.05) is 0 Å². The van der Waals surface area contributed by atoms with Gasteiger partial charge < -0.3 is 5.32 Å². The van der Waals surface area contributed by atoms with Crippen molar-refractivity contribution in [2.45, 2.75) is 43.8 Å². The first-order valence-electron chi connectivity index (χ1n) is 9.91. The van der Waals surface area contributed by atoms with Crippen LogP contribution in [0.3, 0.4) is 0 Å². The summed E-state index contributed by atoms with van der Waals surface area (Å²) in [5.74, 6) is -0.820. The minimum Gasteiger partial charge on any atom is -0.323 e. The van der Waals surface area contributed by atoms with Gasteiger partial charge in [0.1, 0.15) is 10.6 Å². The van der Waals surface area contributed by atoms with Crippen molar-refractivity contribution >= 4 is 44.9 Å². The fourth-order valence-electron chi connectivity index (χ4n) is 3.68. The highest BCUT2D eigenvalue weighted by Gasteiger charge is 2.21. The number of hydrogen-bond acceptors (Lipinski definition) is 5. The fraction of sp³-hybridized carbons (Fsp3) is 0.318. The SMILES string of the molecule is C=CCn1c(SCC(=O)Nc2ccccc2F)nc2sc3c(c2c1=O)CCCCC3. The van der Waals surface area contributed by atoms with E-state index in [9.17, 15) is 14.0 Å². The number of nitrogens with one attached hydrogen (secondary N) is 1. The number of anilines is 1. The molecule has 2 heterocycles. The van der Waals surface area contributed by atoms with E-state index in [1.54, 1.807) is 34.1 Å². The highest BCUT2D eigenvalue weighted by Crippen LogP contribution is 2.34. The predicted molar refractivity (Wildman–Crippen MR) is 121 cm³/mol. The highest BCUT2D eigenvalue weighted by molar-refractivity contribution is 7.99. The molecule has 5 nitrogen and oxygen atoms in total. The molecule has 8 heteroatoms. The molecule has 1 aromatic carbocycles. The number of benzene rings is 1. The summed E-state index contributed by atoms with van der Waals surface area (Å²) in [4.78, 5) is 32.3. The lowest BCUT2D eigenvalue weighted by Crippen LogP contribution is -2.24. The van der Waals surface area contributed by atoms with E-state index in [4.69, 9.17) is 4.98 Å². The molecular formula is C22H22FN3O2S2. The van der Waals surface area contributed by atoms with Crippen LogP contribution in [0.25, 0.3) is 10.2 Å². The predicted octanol–water partition coefficient (Wildman–Crippen LogP) is 4.78. The van der Waals surface area contributed by atoms with Crippen LogP contribution in [-0.4, -0.2) is 21.2 Å². The van der Waals surface area contributed by atoms with Crippen molar-refractivity contribution < 1.29 is 9.18 Å². The third-order valence-corrected chi connectivity index (χ3v) is 7.24. The van der Waals surface area contributed by atoms with Gasteiger partial charge in [0.25, 0.3) is 5.56 Å². The van der Waals surface area contributed by atoms with E-state index < -0.39 is 5.82 Å². The van der Waals surface area contributed by atoms with Crippen molar-refractivity contribution in [1.82, 2.24) is 9.55 Å². The normalized spacial score (nSPS) is 13.6. The Bertz CT molecular complexity index is 1170. The molecule has 2 aromatic heterocycles. The number of para-hydroxylation sites is 1. The van der Waals surface area contributed by atoms with Crippen LogP contribution in [0, 0.1) is 5.82 Å². The van der Waals surface area contributed by atoms with E-state index in [1.165, 1.54) is 35.2 Å². The van der Waals surface area contributed by atoms with E-state index in [0.29, 0.717) is 11.7 Å². The van der Waals surface area contributed by atoms with E-state index >= 15 is 0 Å². The van der Waals surface area contributed by atoms with Crippen molar-refractivity contribution in [2.75, 3.05) is 11.1 Å². The number of carbonyl (C=O) groups excluding carboxylic acids is 1. The Morgan fingerprint density at radius 1 is 1.30 bits per heavy atom. The standard InChI is InChI=1S/C22H22FN3O2S2/c1-2-12-26-21(28)19-14-8-4-3-5-11-17(14)30-20(19)25-22(26)29-13-18(27)24-16-10-7-6-9-15(16)23/h2,6-7,9-10H,1,3-5,8,11-13H2,(H,24,27). The summed E-state index contributed by atoms with van der Waals surface area (Å²) in [6, 6.07) is 6.02. The molecule has 0 radical (unpaired) electrons. The Kier molecular flexibility index (Phi) is 6.34. The molecule has 0 saturated carbocycles. The smallest absolute Gasteiger partial charge is 0.263 e. The Balaban J connectivity index is 1.62. The summed E-state index contributed by atoms with van der Waals surface area (Å²) in [7, 11) is 0. The molecule has 0 bridgehead atoms. The van der Waals surface area contributed by atoms with Crippen LogP contribution in [0.4, 0.5) is 10.1 Å². The van der Waals surface area contributed by atoms with Crippen molar-refractivity contribution in [2.24, 2.45) is 0 Å². The van der Waals surface area contributed by atoms with Gasteiger partial charge in [0, 0.05) is 11.4 Å². The number of allylic oxidation sites excluding steroid dienone is 1. The van der Waals surface area contributed by atoms with Gasteiger partial charge in [0.05, 0.1) is 16.8 Å². The number of thiophene rings is 1. The van der Waals surface area contributed by atoms with Crippen molar-refractivity contribution in [3.05, 3.63) is 63.5 Å². The van der Waals surface area contributed by atoms with Gasteiger partial charge in [-0.25, -0.2) is 9.37 Å². The van der Waals surface area contributed by atoms with Crippen LogP contribution in [0.15, 0.2) is 46.9 Å². The first kappa shape index (κ1) is 20.8. The molecule has 30 heavy (non-hydrogen) atoms. The first-order valence-corrected chi connectivity index (χ1v) is 11.7. The fourth-order valence-corrected chi connectivity index (χ4v) is 5.79. The van der Waals surface area contributed by atoms with Gasteiger partial charge >= 0.3 is 0 Å². The van der Waals surface area contributed by atoms with Crippen molar-refractivity contribution in [3.8, 4) is 0 Å². The van der Waals surface area contributed by atoms with Gasteiger partial charge in [-0.1, -0.05) is 36.4 Å². The third-order valence-electron chi connectivity index (χ3n) is 5.08. The number of aryl methyl sites for hydroxylation is 2. The van der Waals surface area contributed by atoms with Crippen LogP contribution >= 0.6 is 23.1 Å². The topological polar surface area (TPSA) is 64.0 Å². The lowest BCUT2D eigenvalue weighted by atomic mass is 10.1. The highest BCUT2D eigenvalue weighted by atomic mass is 32.2. The lowest BCUT2D eigenvalue weighted by Gasteiger charge is -2.11. The Morgan fingerprint density at radius 2 is 2.10 bits per heavy atom. The molecule has 0 saturated heterocycles. The molecule has 1 amide bonds. The summed E-state index contributed by atoms with van der Waals surface area (Å²) in [6.07, 6.45) is 6.97. The molecule has 1 aliphatic carbocycles. The zero-order valence-corrected chi connectivity index (χ0v) is 18.1. The second kappa shape index (κ2) is 9.14. The average Bonchev–Trinajstić information content (AvgIpc) is 2.92. The molecule has 1 N–H and O–H groups in total. The van der Waals surface area contributed by atoms with Crippen LogP contribution in [-0.2, 0) is 24.2 Å². The quantitative estimate of drug-likeness (QED) is 0.258. The number of fused-ring (bicyclic) bond motifs is 3. The molecule has 0 aliphatic heterocycles. The maximum absolute atomic E-state index is 13.8. The zero-order chi connectivity index (χ0) is 21.1. The minimum absolute atomic E-state index is 0.0223. The molecule has 0 atom stereocenters. The molecule has 3 aromatic rings. The van der Waals surface area contributed by atoms with Gasteiger partial charge in [-0.05, 0) is 43.4 Å². The third kappa shape index (κ3) is 4.20. The molecule has 156 valence electrons. The Labute approximate surface area is 182 Å². The second-order valence-electron chi connectivity index (χ2n) is 7.16. The molecule has 4 rings (SSSR count). The average molecular weight is 444 g/mol. The molecular weight excluding hydrogens is 421 g/mol. The molecule has 1 aliphatic rings. The van der Waals surface area contributed by atoms with E-state index in [2.05, 4.69) is 11.9 Å². The summed E-state index contributed by atoms with van der Waals surface area (Å²) in [6.45, 7) is 4.08. The number of hydrogen-bond donors (Lipinski definition) is 1. The van der Waals surface area contributed by atoms with E-state index in [-0.39, 0.29) is 22.9 Å². The number of amides is 1. The minimum atomic E-state index is -0.487. The number of carbonyl (C=O) groups is 1. The molecule has 0 fully saturated rings. The second-order valence-corrected chi connectivity index (χ2v) is 9.19. The van der Waals surface area contributed by atoms with Crippen LogP contribution in [0.2, 0.25) is 0 Å². The van der Waals surface area contributed by atoms with Gasteiger partial charge in [-0.15, -0.1) is 17.9 Å². The van der Waals surface area contributed by atoms with E-state index in [0.717, 1.165) is 41.5 Å². The summed E-state index contributed by atoms with van der Waals surface area (Å²) in [5, 5.41) is 3.76. The Hall–Kier alpha value is -2.45. The number of halogens is 1. The van der Waals surface area contributed by atoms with Crippen LogP contribution < -0.4 is 10.9 Å². The number of thioether (sulfide) groups is 1. The maximum atomic E-state index is 13.8. The largest absolute Gasteiger partial charge is 0.323 e. The van der Waals surface area contributed by atoms with Crippen molar-refractivity contribution in [1.29, 1.82) is 0 Å². The number of nitrogens with zero attached hydrogens (tertiary/aromatic N) is 2. The van der Waals surface area contributed by atoms with Crippen LogP contribution in [0.5, 0.6) is 0 Å². The lowest BCUT2D eigenvalue weighted by molar-refractivity contribution is -0.113. The molecule has 0 spiro atoms. The van der Waals surface area contributed by atoms with Gasteiger partial charge in [-0.2, -0.15) is 0 Å². The number of aromatic nitrogens is 2. The van der Waals surface area contributed by atoms with Gasteiger partial charge in [0.15, 0.2) is 5.16 Å². The molecule has 0 unspecified atom stereocenters. The van der Waals surface area contributed by atoms with Crippen LogP contribution in [0.1, 0.15) is 29.7 Å². The Morgan fingerprint density at radius 3 is 2.90 bits per heavy atom. The van der Waals surface area contributed by atoms with Gasteiger partial charge in [-0.3, -0.25) is 14.2 Å². The zero-order valence-electron chi connectivity index (χ0n) is 16.4. The summed E-state index contributed by atoms with van der Waals surface area (Å²) < 4.78 is 15.3. The number of rotatable bonds is 6. The summed E-state index contributed by atoms with van der Waals surface area (Å²) >= 11 is 2.77. The van der Waals surface area contributed by atoms with Crippen molar-refractivity contribution in [3.63, 3.8) is 0 Å². The summed E-state index contributed by atoms with van der Waals surface area (Å²) in [5.41, 5.74) is 1.21. The first-order chi connectivity index (χ1) is 14.6. The monoisotopic (exact) mass is 443 g/mol.